The van der Waals surface area contributed by atoms with Gasteiger partial charge in [0.25, 0.3) is 0 Å². The lowest BCUT2D eigenvalue weighted by Crippen LogP contribution is -2.63. The fraction of sp³-hybridized carbons (Fsp3) is 0.458. The number of esters is 4. The normalized spacial score (nSPS) is 23.4. The molecule has 1 aliphatic rings. The van der Waals surface area contributed by atoms with Gasteiger partial charge in [0.1, 0.15) is 18.5 Å². The van der Waals surface area contributed by atoms with Gasteiger partial charge in [-0.25, -0.2) is 0 Å². The lowest BCUT2D eigenvalue weighted by molar-refractivity contribution is -0.288. The van der Waals surface area contributed by atoms with Gasteiger partial charge in [0.15, 0.2) is 12.2 Å². The lowest BCUT2D eigenvalue weighted by Gasteiger charge is -2.43. The Balaban J connectivity index is 2.07. The Labute approximate surface area is 206 Å². The minimum Gasteiger partial charge on any atom is -0.463 e. The second kappa shape index (κ2) is 11.2. The van der Waals surface area contributed by atoms with Crippen LogP contribution < -0.4 is 4.74 Å². The largest absolute Gasteiger partial charge is 0.463 e. The number of hydrogen-bond acceptors (Lipinski definition) is 11. The van der Waals surface area contributed by atoms with Gasteiger partial charge in [-0.05, 0) is 12.1 Å². The summed E-state index contributed by atoms with van der Waals surface area (Å²) in [4.78, 5) is 59.4. The maximum Gasteiger partial charge on any atom is 0.303 e. The van der Waals surface area contributed by atoms with E-state index in [1.165, 1.54) is 24.6 Å². The van der Waals surface area contributed by atoms with Gasteiger partial charge in [-0.1, -0.05) is 12.1 Å². The molecule has 1 aromatic heterocycles. The highest BCUT2D eigenvalue weighted by Gasteiger charge is 2.53. The minimum absolute atomic E-state index is 0.210. The van der Waals surface area contributed by atoms with E-state index in [0.29, 0.717) is 10.9 Å². The van der Waals surface area contributed by atoms with Crippen molar-refractivity contribution in [2.24, 2.45) is 0 Å². The van der Waals surface area contributed by atoms with Gasteiger partial charge in [0.05, 0.1) is 11.7 Å². The molecule has 36 heavy (non-hydrogen) atoms. The third-order valence-corrected chi connectivity index (χ3v) is 5.21. The molecule has 0 N–H and O–H groups in total. The summed E-state index contributed by atoms with van der Waals surface area (Å²) in [5.41, 5.74) is 0.561. The molecule has 1 unspecified atom stereocenters. The zero-order valence-electron chi connectivity index (χ0n) is 20.4. The predicted octanol–water partition coefficient (Wildman–Crippen LogP) is 1.76. The number of benzene rings is 1. The zero-order chi connectivity index (χ0) is 26.6. The molecular formula is C24H27NO11. The van der Waals surface area contributed by atoms with Gasteiger partial charge in [0.2, 0.25) is 18.3 Å². The first kappa shape index (κ1) is 26.7. The first-order valence-electron chi connectivity index (χ1n) is 11.1. The van der Waals surface area contributed by atoms with E-state index in [-0.39, 0.29) is 18.3 Å². The van der Waals surface area contributed by atoms with E-state index in [4.69, 9.17) is 28.4 Å². The van der Waals surface area contributed by atoms with Crippen LogP contribution in [0.25, 0.3) is 10.9 Å². The number of carbonyl (C=O) groups is 5. The molecule has 1 fully saturated rings. The molecule has 0 aliphatic carbocycles. The fourth-order valence-corrected chi connectivity index (χ4v) is 3.91. The zero-order valence-corrected chi connectivity index (χ0v) is 20.4. The van der Waals surface area contributed by atoms with E-state index in [1.807, 2.05) is 0 Å². The molecule has 2 aromatic rings. The first-order valence-corrected chi connectivity index (χ1v) is 11.1. The molecule has 0 radical (unpaired) electrons. The number of fused-ring (bicyclic) bond motifs is 1. The molecular weight excluding hydrogens is 478 g/mol. The van der Waals surface area contributed by atoms with E-state index >= 15 is 0 Å². The highest BCUT2D eigenvalue weighted by atomic mass is 16.7. The van der Waals surface area contributed by atoms with Crippen molar-refractivity contribution < 1.29 is 52.4 Å². The van der Waals surface area contributed by atoms with Crippen molar-refractivity contribution >= 4 is 40.7 Å². The number of ether oxygens (including phenoxy) is 6. The third kappa shape index (κ3) is 6.19. The van der Waals surface area contributed by atoms with Crippen LogP contribution in [0.15, 0.2) is 30.5 Å². The summed E-state index contributed by atoms with van der Waals surface area (Å²) in [6, 6.07) is 6.93. The number of aromatic nitrogens is 1. The van der Waals surface area contributed by atoms with Crippen molar-refractivity contribution in [2.45, 2.75) is 65.3 Å². The summed E-state index contributed by atoms with van der Waals surface area (Å²) in [5.74, 6) is -2.94. The minimum atomic E-state index is -1.41. The van der Waals surface area contributed by atoms with Crippen molar-refractivity contribution in [3.63, 3.8) is 0 Å². The van der Waals surface area contributed by atoms with E-state index < -0.39 is 54.6 Å². The van der Waals surface area contributed by atoms with Crippen LogP contribution in [-0.4, -0.2) is 71.7 Å². The highest BCUT2D eigenvalue weighted by molar-refractivity contribution is 5.95. The summed E-state index contributed by atoms with van der Waals surface area (Å²) >= 11 is 0. The Morgan fingerprint density at radius 1 is 0.806 bits per heavy atom. The van der Waals surface area contributed by atoms with Crippen molar-refractivity contribution in [3.05, 3.63) is 30.5 Å². The second-order valence-corrected chi connectivity index (χ2v) is 8.09. The average molecular weight is 505 g/mol. The van der Waals surface area contributed by atoms with E-state index in [0.717, 1.165) is 20.8 Å². The van der Waals surface area contributed by atoms with E-state index in [1.54, 1.807) is 24.3 Å². The molecule has 0 saturated carbocycles. The summed E-state index contributed by atoms with van der Waals surface area (Å²) in [7, 11) is 0. The third-order valence-electron chi connectivity index (χ3n) is 5.21. The van der Waals surface area contributed by atoms with Crippen molar-refractivity contribution in [1.29, 1.82) is 0 Å². The quantitative estimate of drug-likeness (QED) is 0.401. The predicted molar refractivity (Wildman–Crippen MR) is 121 cm³/mol. The molecule has 0 spiro atoms. The number of hydrogen-bond donors (Lipinski definition) is 0. The molecule has 1 aromatic carbocycles. The summed E-state index contributed by atoms with van der Waals surface area (Å²) in [5, 5.41) is 0.556. The molecule has 3 rings (SSSR count). The fourth-order valence-electron chi connectivity index (χ4n) is 3.91. The van der Waals surface area contributed by atoms with Crippen LogP contribution in [-0.2, 0) is 42.9 Å². The highest BCUT2D eigenvalue weighted by Crippen LogP contribution is 2.34. The molecule has 5 atom stereocenters. The topological polar surface area (TPSA) is 146 Å². The van der Waals surface area contributed by atoms with Gasteiger partial charge >= 0.3 is 23.9 Å². The Morgan fingerprint density at radius 2 is 1.39 bits per heavy atom. The van der Waals surface area contributed by atoms with Crippen LogP contribution in [0.2, 0.25) is 0 Å². The van der Waals surface area contributed by atoms with Crippen LogP contribution in [0, 0.1) is 0 Å². The summed E-state index contributed by atoms with van der Waals surface area (Å²) in [6.07, 6.45) is -5.16. The average Bonchev–Trinajstić information content (AvgIpc) is 3.14. The van der Waals surface area contributed by atoms with Gasteiger partial charge in [-0.3, -0.25) is 28.5 Å². The lowest BCUT2D eigenvalue weighted by atomic mass is 9.98. The Hall–Kier alpha value is -3.93. The maximum absolute atomic E-state index is 12.1. The molecule has 1 saturated heterocycles. The van der Waals surface area contributed by atoms with Gasteiger partial charge in [-0.15, -0.1) is 0 Å². The van der Waals surface area contributed by atoms with Crippen LogP contribution >= 0.6 is 0 Å². The molecule has 12 heteroatoms. The number of para-hydroxylation sites is 1. The molecule has 2 heterocycles. The van der Waals surface area contributed by atoms with E-state index in [2.05, 4.69) is 0 Å². The SMILES string of the molecule is CC(=O)OC[C@H]1O[C@@H](Oc2cn(C(C)=O)c3ccccc23)C(OC(C)=O)[C@@H](OC(C)=O)[C@@H]1OC(C)=O. The number of rotatable bonds is 7. The van der Waals surface area contributed by atoms with Crippen molar-refractivity contribution in [1.82, 2.24) is 4.57 Å². The monoisotopic (exact) mass is 505 g/mol. The van der Waals surface area contributed by atoms with Gasteiger partial charge < -0.3 is 28.4 Å². The molecule has 0 amide bonds. The van der Waals surface area contributed by atoms with Gasteiger partial charge in [0, 0.05) is 40.0 Å². The summed E-state index contributed by atoms with van der Waals surface area (Å²) < 4.78 is 34.6. The smallest absolute Gasteiger partial charge is 0.303 e. The molecule has 12 nitrogen and oxygen atoms in total. The van der Waals surface area contributed by atoms with Crippen LogP contribution in [0.1, 0.15) is 39.4 Å². The first-order chi connectivity index (χ1) is 17.0. The van der Waals surface area contributed by atoms with Crippen LogP contribution in [0.4, 0.5) is 0 Å². The Morgan fingerprint density at radius 3 is 1.97 bits per heavy atom. The standard InChI is InChI=1S/C24H27NO11/c1-12(26)25-10-19(17-8-6-7-9-18(17)25)35-24-23(34-16(5)30)22(33-15(4)29)21(32-14(3)28)20(36-24)11-31-13(2)27/h6-10,20-24H,11H2,1-5H3/t20-,21-,22+,23?,24-/m1/s1. The Bertz CT molecular complexity index is 1170. The molecule has 1 aliphatic heterocycles. The maximum atomic E-state index is 12.1. The van der Waals surface area contributed by atoms with Crippen LogP contribution in [0.3, 0.4) is 0 Å². The van der Waals surface area contributed by atoms with Crippen molar-refractivity contribution in [2.75, 3.05) is 6.61 Å². The van der Waals surface area contributed by atoms with Crippen molar-refractivity contribution in [3.8, 4) is 5.75 Å². The second-order valence-electron chi connectivity index (χ2n) is 8.09. The number of nitrogens with zero attached hydrogens (tertiary/aromatic N) is 1. The van der Waals surface area contributed by atoms with Crippen LogP contribution in [0.5, 0.6) is 5.75 Å². The van der Waals surface area contributed by atoms with E-state index in [9.17, 15) is 24.0 Å². The molecule has 0 bridgehead atoms. The Kier molecular flexibility index (Phi) is 8.30. The molecule has 194 valence electrons. The number of carbonyl (C=O) groups excluding carboxylic acids is 5. The summed E-state index contributed by atoms with van der Waals surface area (Å²) in [6.45, 7) is 5.57. The van der Waals surface area contributed by atoms with Gasteiger partial charge in [-0.2, -0.15) is 0 Å².